The molecule has 0 radical (unpaired) electrons. The van der Waals surface area contributed by atoms with E-state index < -0.39 is 6.29 Å². The number of carbonyl (C=O) groups is 1. The number of carbonyl (C=O) groups excluding carboxylic acids is 1. The molecule has 1 aromatic rings. The molecule has 2 N–H and O–H groups in total. The van der Waals surface area contributed by atoms with Crippen LogP contribution in [0.4, 0.5) is 0 Å². The van der Waals surface area contributed by atoms with E-state index in [9.17, 15) is 4.79 Å². The molecule has 1 aliphatic heterocycles. The zero-order valence-corrected chi connectivity index (χ0v) is 16.0. The number of rotatable bonds is 7. The number of amidine groups is 1. The molecule has 0 fully saturated rings. The Hall–Kier alpha value is -2.12. The van der Waals surface area contributed by atoms with E-state index in [1.165, 1.54) is 7.11 Å². The molecule has 140 valence electrons. The minimum Gasteiger partial charge on any atom is -0.496 e. The molecular weight excluding hydrogens is 322 g/mol. The van der Waals surface area contributed by atoms with Gasteiger partial charge in [-0.2, -0.15) is 0 Å². The largest absolute Gasteiger partial charge is 0.496 e. The highest BCUT2D eigenvalue weighted by Crippen LogP contribution is 2.31. The molecule has 0 saturated heterocycles. The maximum atomic E-state index is 12.1. The van der Waals surface area contributed by atoms with Crippen molar-refractivity contribution in [3.63, 3.8) is 0 Å². The molecule has 0 aliphatic carbocycles. The van der Waals surface area contributed by atoms with Gasteiger partial charge in [0.15, 0.2) is 5.84 Å². The summed E-state index contributed by atoms with van der Waals surface area (Å²) in [4.78, 5) is 18.1. The second-order valence-electron chi connectivity index (χ2n) is 5.26. The van der Waals surface area contributed by atoms with Crippen molar-refractivity contribution in [2.24, 2.45) is 10.7 Å². The number of aliphatic imine (C=N–C) groups is 1. The van der Waals surface area contributed by atoms with E-state index in [0.29, 0.717) is 31.0 Å². The monoisotopic (exact) mass is 351 g/mol. The lowest BCUT2D eigenvalue weighted by atomic mass is 10.0. The van der Waals surface area contributed by atoms with Crippen LogP contribution in [0.25, 0.3) is 0 Å². The Labute approximate surface area is 149 Å². The fourth-order valence-electron chi connectivity index (χ4n) is 2.56. The lowest BCUT2D eigenvalue weighted by Gasteiger charge is -2.14. The van der Waals surface area contributed by atoms with Crippen LogP contribution in [0, 0.1) is 0 Å². The number of nitrogens with two attached hydrogens (primary N) is 1. The predicted octanol–water partition coefficient (Wildman–Crippen LogP) is 2.17. The van der Waals surface area contributed by atoms with Gasteiger partial charge < -0.3 is 24.8 Å². The van der Waals surface area contributed by atoms with E-state index in [1.54, 1.807) is 19.1 Å². The first kappa shape index (κ1) is 20.9. The summed E-state index contributed by atoms with van der Waals surface area (Å²) in [6.45, 7) is 7.27. The van der Waals surface area contributed by atoms with E-state index in [2.05, 4.69) is 4.99 Å². The molecule has 1 aromatic carbocycles. The average Bonchev–Trinajstić information content (AvgIpc) is 2.92. The molecule has 25 heavy (non-hydrogen) atoms. The van der Waals surface area contributed by atoms with Crippen LogP contribution >= 0.6 is 0 Å². The van der Waals surface area contributed by atoms with Crippen molar-refractivity contribution in [2.45, 2.75) is 40.2 Å². The molecule has 1 unspecified atom stereocenters. The first-order valence-corrected chi connectivity index (χ1v) is 8.41. The number of hydrogen-bond donors (Lipinski definition) is 1. The quantitative estimate of drug-likeness (QED) is 0.462. The number of hydrogen-bond acceptors (Lipinski definition) is 5. The van der Waals surface area contributed by atoms with Gasteiger partial charge in [0.2, 0.25) is 6.29 Å². The highest BCUT2D eigenvalue weighted by molar-refractivity contribution is 6.01. The third kappa shape index (κ3) is 4.93. The number of methoxy groups -OCH3 is 2. The summed E-state index contributed by atoms with van der Waals surface area (Å²) in [7, 11) is 4.84. The highest BCUT2D eigenvalue weighted by atomic mass is 16.7. The first-order valence-electron chi connectivity index (χ1n) is 8.41. The average molecular weight is 351 g/mol. The Balaban J connectivity index is 0.00000151. The SMILES string of the molecule is CC.CCOC(OC)C(N)=NCc1cc2c(c(OC)c1)C(=O)N(C)C2. The molecular formula is C18H29N3O4. The van der Waals surface area contributed by atoms with Gasteiger partial charge in [-0.3, -0.25) is 9.79 Å². The van der Waals surface area contributed by atoms with E-state index in [1.807, 2.05) is 32.9 Å². The van der Waals surface area contributed by atoms with Crippen LogP contribution in [0.3, 0.4) is 0 Å². The van der Waals surface area contributed by atoms with Gasteiger partial charge in [-0.05, 0) is 24.1 Å². The third-order valence-corrected chi connectivity index (χ3v) is 3.65. The van der Waals surface area contributed by atoms with Crippen LogP contribution in [0.5, 0.6) is 5.75 Å². The van der Waals surface area contributed by atoms with Crippen molar-refractivity contribution < 1.29 is 19.0 Å². The van der Waals surface area contributed by atoms with Gasteiger partial charge in [-0.1, -0.05) is 19.9 Å². The van der Waals surface area contributed by atoms with Crippen molar-refractivity contribution in [3.05, 3.63) is 28.8 Å². The summed E-state index contributed by atoms with van der Waals surface area (Å²) in [5.41, 5.74) is 8.37. The van der Waals surface area contributed by atoms with Crippen molar-refractivity contribution >= 4 is 11.7 Å². The lowest BCUT2D eigenvalue weighted by Crippen LogP contribution is -2.33. The second-order valence-corrected chi connectivity index (χ2v) is 5.26. The van der Waals surface area contributed by atoms with E-state index in [-0.39, 0.29) is 11.7 Å². The molecule has 1 amide bonds. The zero-order valence-electron chi connectivity index (χ0n) is 16.0. The van der Waals surface area contributed by atoms with E-state index in [4.69, 9.17) is 19.9 Å². The molecule has 1 heterocycles. The molecule has 0 aromatic heterocycles. The maximum Gasteiger partial charge on any atom is 0.258 e. The number of amides is 1. The topological polar surface area (TPSA) is 86.4 Å². The summed E-state index contributed by atoms with van der Waals surface area (Å²) in [6.07, 6.45) is -0.649. The van der Waals surface area contributed by atoms with Crippen LogP contribution in [0.15, 0.2) is 17.1 Å². The maximum absolute atomic E-state index is 12.1. The zero-order chi connectivity index (χ0) is 19.0. The predicted molar refractivity (Wildman–Crippen MR) is 97.9 cm³/mol. The summed E-state index contributed by atoms with van der Waals surface area (Å²) < 4.78 is 15.8. The molecule has 0 saturated carbocycles. The van der Waals surface area contributed by atoms with Crippen molar-refractivity contribution in [1.82, 2.24) is 4.90 Å². The summed E-state index contributed by atoms with van der Waals surface area (Å²) in [5, 5.41) is 0. The van der Waals surface area contributed by atoms with Gasteiger partial charge in [0, 0.05) is 27.3 Å². The minimum atomic E-state index is -0.649. The Morgan fingerprint density at radius 1 is 1.36 bits per heavy atom. The van der Waals surface area contributed by atoms with Gasteiger partial charge in [0.25, 0.3) is 5.91 Å². The highest BCUT2D eigenvalue weighted by Gasteiger charge is 2.28. The van der Waals surface area contributed by atoms with Crippen molar-refractivity contribution in [3.8, 4) is 5.75 Å². The number of fused-ring (bicyclic) bond motifs is 1. The number of benzene rings is 1. The number of nitrogens with zero attached hydrogens (tertiary/aromatic N) is 2. The van der Waals surface area contributed by atoms with Gasteiger partial charge in [-0.25, -0.2) is 0 Å². The van der Waals surface area contributed by atoms with Crippen LogP contribution in [-0.2, 0) is 22.6 Å². The fourth-order valence-corrected chi connectivity index (χ4v) is 2.56. The van der Waals surface area contributed by atoms with Crippen LogP contribution in [-0.4, -0.2) is 50.8 Å². The van der Waals surface area contributed by atoms with Crippen molar-refractivity contribution in [1.29, 1.82) is 0 Å². The van der Waals surface area contributed by atoms with Gasteiger partial charge in [-0.15, -0.1) is 0 Å². The van der Waals surface area contributed by atoms with E-state index >= 15 is 0 Å². The van der Waals surface area contributed by atoms with Crippen LogP contribution in [0.1, 0.15) is 42.3 Å². The molecule has 1 aliphatic rings. The molecule has 0 spiro atoms. The first-order chi connectivity index (χ1) is 12.0. The summed E-state index contributed by atoms with van der Waals surface area (Å²) >= 11 is 0. The Morgan fingerprint density at radius 2 is 2.04 bits per heavy atom. The van der Waals surface area contributed by atoms with Gasteiger partial charge in [0.1, 0.15) is 5.75 Å². The standard InChI is InChI=1S/C16H23N3O4.C2H6/c1-5-23-16(22-4)14(17)18-8-10-6-11-9-19(2)15(20)13(11)12(7-10)21-3;1-2/h6-7,16H,5,8-9H2,1-4H3,(H2,17,18);1-2H3. The summed E-state index contributed by atoms with van der Waals surface area (Å²) in [6, 6.07) is 3.77. The van der Waals surface area contributed by atoms with E-state index in [0.717, 1.165) is 11.1 Å². The molecule has 1 atom stereocenters. The Kier molecular flexibility index (Phi) is 8.37. The fraction of sp³-hybridized carbons (Fsp3) is 0.556. The third-order valence-electron chi connectivity index (χ3n) is 3.65. The van der Waals surface area contributed by atoms with Crippen LogP contribution < -0.4 is 10.5 Å². The van der Waals surface area contributed by atoms with Gasteiger partial charge >= 0.3 is 0 Å². The molecule has 0 bridgehead atoms. The lowest BCUT2D eigenvalue weighted by molar-refractivity contribution is -0.0729. The Bertz CT molecular complexity index is 617. The van der Waals surface area contributed by atoms with Gasteiger partial charge in [0.05, 0.1) is 19.2 Å². The van der Waals surface area contributed by atoms with Crippen LogP contribution in [0.2, 0.25) is 0 Å². The van der Waals surface area contributed by atoms with Crippen molar-refractivity contribution in [2.75, 3.05) is 27.9 Å². The molecule has 2 rings (SSSR count). The smallest absolute Gasteiger partial charge is 0.258 e. The second kappa shape index (κ2) is 10.0. The molecule has 7 nitrogen and oxygen atoms in total. The number of ether oxygens (including phenoxy) is 3. The Morgan fingerprint density at radius 3 is 2.60 bits per heavy atom. The normalized spacial score (nSPS) is 14.7. The molecule has 7 heteroatoms. The summed E-state index contributed by atoms with van der Waals surface area (Å²) in [5.74, 6) is 0.818. The minimum absolute atomic E-state index is 0.0257.